The number of nitrogens with zero attached hydrogens (tertiary/aromatic N) is 1. The van der Waals surface area contributed by atoms with E-state index < -0.39 is 6.10 Å². The number of hydrazone groups is 1. The zero-order valence-electron chi connectivity index (χ0n) is 20.1. The second kappa shape index (κ2) is 11.0. The summed E-state index contributed by atoms with van der Waals surface area (Å²) in [6.45, 7) is 5.35. The smallest absolute Gasteiger partial charge is 0.240 e. The highest BCUT2D eigenvalue weighted by Crippen LogP contribution is 2.24. The number of carbonyl (C=O) groups is 2. The molecule has 35 heavy (non-hydrogen) atoms. The molecule has 9 nitrogen and oxygen atoms in total. The number of ether oxygens (including phenoxy) is 1. The Kier molecular flexibility index (Phi) is 7.80. The van der Waals surface area contributed by atoms with Gasteiger partial charge in [-0.05, 0) is 37.6 Å². The highest BCUT2D eigenvalue weighted by atomic mass is 16.5. The Balaban J connectivity index is 1.19. The lowest BCUT2D eigenvalue weighted by Crippen LogP contribution is -2.49. The van der Waals surface area contributed by atoms with Gasteiger partial charge in [0, 0.05) is 54.8 Å². The van der Waals surface area contributed by atoms with Gasteiger partial charge in [0.05, 0.1) is 18.4 Å². The third kappa shape index (κ3) is 6.88. The molecule has 2 heterocycles. The molecule has 0 saturated heterocycles. The number of nitrogens with one attached hydrogen (secondary N) is 4. The van der Waals surface area contributed by atoms with Crippen molar-refractivity contribution in [3.05, 3.63) is 65.4 Å². The average molecular weight is 480 g/mol. The van der Waals surface area contributed by atoms with Crippen LogP contribution in [-0.2, 0) is 14.3 Å². The van der Waals surface area contributed by atoms with E-state index in [2.05, 4.69) is 40.3 Å². The largest absolute Gasteiger partial charge is 0.389 e. The monoisotopic (exact) mass is 479 g/mol. The SMILES string of the molecule is CC(C)(CNc1ccc(C2=NNC(=O)CC2)cc1)NCC(O)COC1C=CC=C2NC(=O)CC=C21. The molecule has 9 heteroatoms. The number of anilines is 1. The summed E-state index contributed by atoms with van der Waals surface area (Å²) in [5.41, 5.74) is 6.82. The highest BCUT2D eigenvalue weighted by Gasteiger charge is 2.25. The summed E-state index contributed by atoms with van der Waals surface area (Å²) in [5, 5.41) is 24.3. The maximum absolute atomic E-state index is 11.6. The normalized spacial score (nSPS) is 20.7. The zero-order chi connectivity index (χ0) is 24.8. The Labute approximate surface area is 205 Å². The van der Waals surface area contributed by atoms with Crippen LogP contribution < -0.4 is 21.4 Å². The molecule has 186 valence electrons. The molecule has 1 aromatic rings. The summed E-state index contributed by atoms with van der Waals surface area (Å²) >= 11 is 0. The van der Waals surface area contributed by atoms with Crippen LogP contribution in [0.15, 0.2) is 64.9 Å². The summed E-state index contributed by atoms with van der Waals surface area (Å²) in [7, 11) is 0. The number of carbonyl (C=O) groups excluding carboxylic acids is 2. The minimum Gasteiger partial charge on any atom is -0.389 e. The molecule has 3 aliphatic rings. The van der Waals surface area contributed by atoms with Crippen LogP contribution in [0.2, 0.25) is 0 Å². The number of fused-ring (bicyclic) bond motifs is 1. The van der Waals surface area contributed by atoms with Crippen LogP contribution in [0.4, 0.5) is 5.69 Å². The molecule has 2 unspecified atom stereocenters. The third-order valence-corrected chi connectivity index (χ3v) is 6.09. The number of amides is 2. The second-order valence-corrected chi connectivity index (χ2v) is 9.57. The number of benzene rings is 1. The lowest BCUT2D eigenvalue weighted by atomic mass is 9.96. The molecule has 1 aromatic carbocycles. The van der Waals surface area contributed by atoms with Crippen LogP contribution in [-0.4, -0.2) is 60.1 Å². The fourth-order valence-corrected chi connectivity index (χ4v) is 4.01. The first-order valence-electron chi connectivity index (χ1n) is 11.9. The van der Waals surface area contributed by atoms with Crippen molar-refractivity contribution in [3.8, 4) is 0 Å². The van der Waals surface area contributed by atoms with Gasteiger partial charge >= 0.3 is 0 Å². The summed E-state index contributed by atoms with van der Waals surface area (Å²) in [6.07, 6.45) is 8.00. The van der Waals surface area contributed by atoms with Gasteiger partial charge in [0.1, 0.15) is 6.10 Å². The fourth-order valence-electron chi connectivity index (χ4n) is 4.01. The molecular weight excluding hydrogens is 446 g/mol. The minimum atomic E-state index is -0.674. The summed E-state index contributed by atoms with van der Waals surface area (Å²) in [6, 6.07) is 7.98. The molecule has 4 rings (SSSR count). The topological polar surface area (TPSA) is 124 Å². The van der Waals surface area contributed by atoms with Gasteiger partial charge in [-0.1, -0.05) is 30.4 Å². The van der Waals surface area contributed by atoms with E-state index in [0.29, 0.717) is 32.4 Å². The van der Waals surface area contributed by atoms with Gasteiger partial charge in [0.2, 0.25) is 11.8 Å². The van der Waals surface area contributed by atoms with Crippen LogP contribution in [0.3, 0.4) is 0 Å². The number of aliphatic hydroxyl groups excluding tert-OH is 1. The Bertz CT molecular complexity index is 1070. The number of β-amino-alcohol motifs (C(OH)–C–C–N with tert-alkyl or cyclic N) is 1. The Morgan fingerprint density at radius 3 is 2.74 bits per heavy atom. The Morgan fingerprint density at radius 2 is 2.00 bits per heavy atom. The molecule has 5 N–H and O–H groups in total. The van der Waals surface area contributed by atoms with Crippen molar-refractivity contribution in [3.63, 3.8) is 0 Å². The predicted molar refractivity (Wildman–Crippen MR) is 135 cm³/mol. The number of allylic oxidation sites excluding steroid dienone is 2. The standard InChI is InChI=1S/C26H33N5O4/c1-26(2,16-27-18-8-6-17(7-9-18)21-11-13-25(34)31-30-21)28-14-19(32)15-35-23-5-3-4-22-20(23)10-12-24(33)29-22/h3-10,19,23,27-28,32H,11-16H2,1-2H3,(H,29,33)(H,31,34). The molecule has 1 aliphatic carbocycles. The molecule has 2 aliphatic heterocycles. The van der Waals surface area contributed by atoms with Crippen LogP contribution in [0, 0.1) is 0 Å². The zero-order valence-corrected chi connectivity index (χ0v) is 20.1. The third-order valence-electron chi connectivity index (χ3n) is 6.09. The van der Waals surface area contributed by atoms with E-state index >= 15 is 0 Å². The van der Waals surface area contributed by atoms with Crippen molar-refractivity contribution < 1.29 is 19.4 Å². The number of hydrogen-bond donors (Lipinski definition) is 5. The quantitative estimate of drug-likeness (QED) is 0.348. The molecule has 2 amide bonds. The summed E-state index contributed by atoms with van der Waals surface area (Å²) < 4.78 is 5.93. The molecule has 2 atom stereocenters. The molecule has 0 fully saturated rings. The van der Waals surface area contributed by atoms with Gasteiger partial charge < -0.3 is 25.8 Å². The lowest BCUT2D eigenvalue weighted by molar-refractivity contribution is -0.121. The van der Waals surface area contributed by atoms with Crippen molar-refractivity contribution >= 4 is 23.2 Å². The number of hydrogen-bond acceptors (Lipinski definition) is 7. The molecule has 0 aromatic heterocycles. The highest BCUT2D eigenvalue weighted by molar-refractivity contribution is 6.04. The van der Waals surface area contributed by atoms with Crippen molar-refractivity contribution in [1.82, 2.24) is 16.1 Å². The van der Waals surface area contributed by atoms with Gasteiger partial charge in [0.25, 0.3) is 0 Å². The first kappa shape index (κ1) is 24.8. The second-order valence-electron chi connectivity index (χ2n) is 9.57. The van der Waals surface area contributed by atoms with E-state index in [9.17, 15) is 14.7 Å². The van der Waals surface area contributed by atoms with Crippen LogP contribution >= 0.6 is 0 Å². The van der Waals surface area contributed by atoms with Gasteiger partial charge in [-0.25, -0.2) is 5.43 Å². The minimum absolute atomic E-state index is 0.0290. The van der Waals surface area contributed by atoms with E-state index in [4.69, 9.17) is 4.74 Å². The van der Waals surface area contributed by atoms with Gasteiger partial charge in [0.15, 0.2) is 0 Å². The van der Waals surface area contributed by atoms with E-state index in [1.165, 1.54) is 0 Å². The Morgan fingerprint density at radius 1 is 1.20 bits per heavy atom. The lowest BCUT2D eigenvalue weighted by Gasteiger charge is -2.30. The van der Waals surface area contributed by atoms with Gasteiger partial charge in [-0.15, -0.1) is 0 Å². The summed E-state index contributed by atoms with van der Waals surface area (Å²) in [4.78, 5) is 22.8. The molecule has 0 bridgehead atoms. The molecular formula is C26H33N5O4. The van der Waals surface area contributed by atoms with Crippen molar-refractivity contribution in [2.45, 2.75) is 50.9 Å². The number of aliphatic hydroxyl groups is 1. The molecule has 0 radical (unpaired) electrons. The first-order valence-corrected chi connectivity index (χ1v) is 11.9. The van der Waals surface area contributed by atoms with Crippen LogP contribution in [0.5, 0.6) is 0 Å². The fraction of sp³-hybridized carbons (Fsp3) is 0.423. The summed E-state index contributed by atoms with van der Waals surface area (Å²) in [5.74, 6) is -0.0779. The van der Waals surface area contributed by atoms with E-state index in [0.717, 1.165) is 28.2 Å². The van der Waals surface area contributed by atoms with Gasteiger partial charge in [-0.3, -0.25) is 9.59 Å². The average Bonchev–Trinajstić information content (AvgIpc) is 2.86. The first-order chi connectivity index (χ1) is 16.8. The van der Waals surface area contributed by atoms with Crippen molar-refractivity contribution in [2.75, 3.05) is 25.0 Å². The van der Waals surface area contributed by atoms with Crippen molar-refractivity contribution in [1.29, 1.82) is 0 Å². The van der Waals surface area contributed by atoms with Crippen LogP contribution in [0.25, 0.3) is 0 Å². The maximum atomic E-state index is 11.6. The van der Waals surface area contributed by atoms with E-state index in [1.807, 2.05) is 48.6 Å². The number of rotatable bonds is 10. The Hall–Kier alpha value is -3.27. The van der Waals surface area contributed by atoms with E-state index in [1.54, 1.807) is 0 Å². The predicted octanol–water partition coefficient (Wildman–Crippen LogP) is 1.73. The van der Waals surface area contributed by atoms with Crippen LogP contribution in [0.1, 0.15) is 38.7 Å². The van der Waals surface area contributed by atoms with Crippen molar-refractivity contribution in [2.24, 2.45) is 5.10 Å². The maximum Gasteiger partial charge on any atom is 0.240 e. The van der Waals surface area contributed by atoms with Gasteiger partial charge in [-0.2, -0.15) is 5.10 Å². The molecule has 0 spiro atoms. The molecule has 0 saturated carbocycles. The van der Waals surface area contributed by atoms with E-state index in [-0.39, 0.29) is 30.1 Å².